The van der Waals surface area contributed by atoms with Gasteiger partial charge in [-0.3, -0.25) is 9.69 Å². The van der Waals surface area contributed by atoms with Crippen LogP contribution >= 0.6 is 0 Å². The second-order valence-electron chi connectivity index (χ2n) is 6.31. The van der Waals surface area contributed by atoms with Gasteiger partial charge in [-0.2, -0.15) is 0 Å². The molecule has 0 unspecified atom stereocenters. The van der Waals surface area contributed by atoms with Crippen molar-refractivity contribution in [2.45, 2.75) is 38.7 Å². The van der Waals surface area contributed by atoms with Crippen LogP contribution < -0.4 is 10.2 Å². The first-order valence-electron chi connectivity index (χ1n) is 8.36. The van der Waals surface area contributed by atoms with Gasteiger partial charge in [0.1, 0.15) is 17.7 Å². The van der Waals surface area contributed by atoms with E-state index in [9.17, 15) is 18.4 Å². The molecule has 25 heavy (non-hydrogen) atoms. The van der Waals surface area contributed by atoms with E-state index in [2.05, 4.69) is 5.32 Å². The molecule has 0 aromatic heterocycles. The minimum atomic E-state index is -0.752. The quantitative estimate of drug-likeness (QED) is 0.906. The number of ether oxygens (including phenoxy) is 1. The Bertz CT molecular complexity index is 733. The third-order valence-corrected chi connectivity index (χ3v) is 4.42. The molecule has 134 valence electrons. The van der Waals surface area contributed by atoms with Crippen LogP contribution in [0, 0.1) is 11.6 Å². The van der Waals surface area contributed by atoms with E-state index in [1.54, 1.807) is 0 Å². The third kappa shape index (κ3) is 3.81. The molecule has 0 bridgehead atoms. The Kier molecular flexibility index (Phi) is 5.01. The molecule has 1 saturated heterocycles. The number of allylic oxidation sites excluding steroid dienone is 2. The fourth-order valence-electron chi connectivity index (χ4n) is 3.15. The van der Waals surface area contributed by atoms with Gasteiger partial charge in [-0.15, -0.1) is 0 Å². The lowest BCUT2D eigenvalue weighted by Crippen LogP contribution is -2.33. The summed E-state index contributed by atoms with van der Waals surface area (Å²) in [7, 11) is 0. The average Bonchev–Trinajstić information content (AvgIpc) is 2.96. The average molecular weight is 350 g/mol. The first-order valence-corrected chi connectivity index (χ1v) is 8.36. The minimum Gasteiger partial charge on any atom is -0.442 e. The molecule has 1 heterocycles. The molecule has 5 nitrogen and oxygen atoms in total. The Labute approximate surface area is 144 Å². The number of nitrogens with zero attached hydrogens (tertiary/aromatic N) is 1. The summed E-state index contributed by atoms with van der Waals surface area (Å²) in [6.45, 7) is 1.53. The number of carbonyl (C=O) groups excluding carboxylic acids is 2. The monoisotopic (exact) mass is 350 g/mol. The molecule has 1 aromatic rings. The van der Waals surface area contributed by atoms with Crippen molar-refractivity contribution in [1.82, 2.24) is 5.32 Å². The number of nitrogens with one attached hydrogen (secondary N) is 1. The van der Waals surface area contributed by atoms with E-state index in [1.165, 1.54) is 6.92 Å². The number of hydrogen-bond donors (Lipinski definition) is 1. The SMILES string of the molecule is CC(=O)NC[C@H]1CN(c2cc(F)c(C3=CCCCC3)cc2F)C(=O)O1. The van der Waals surface area contributed by atoms with Crippen molar-refractivity contribution in [3.05, 3.63) is 35.4 Å². The van der Waals surface area contributed by atoms with Gasteiger partial charge in [0.15, 0.2) is 0 Å². The van der Waals surface area contributed by atoms with Crippen molar-refractivity contribution in [3.8, 4) is 0 Å². The van der Waals surface area contributed by atoms with Crippen LogP contribution in [0.25, 0.3) is 5.57 Å². The fraction of sp³-hybridized carbons (Fsp3) is 0.444. The topological polar surface area (TPSA) is 58.6 Å². The third-order valence-electron chi connectivity index (χ3n) is 4.42. The maximum absolute atomic E-state index is 14.5. The highest BCUT2D eigenvalue weighted by Gasteiger charge is 2.34. The van der Waals surface area contributed by atoms with E-state index in [1.807, 2.05) is 6.08 Å². The van der Waals surface area contributed by atoms with Crippen LogP contribution in [-0.2, 0) is 9.53 Å². The lowest BCUT2D eigenvalue weighted by Gasteiger charge is -2.18. The molecule has 2 amide bonds. The summed E-state index contributed by atoms with van der Waals surface area (Å²) in [5, 5.41) is 2.54. The standard InChI is InChI=1S/C18H20F2N2O3/c1-11(23)21-9-13-10-22(18(24)25-13)17-8-15(19)14(7-16(17)20)12-5-3-2-4-6-12/h5,7-8,13H,2-4,6,9-10H2,1H3,(H,21,23)/t13-/m0/s1. The fourth-order valence-corrected chi connectivity index (χ4v) is 3.15. The smallest absolute Gasteiger partial charge is 0.414 e. The van der Waals surface area contributed by atoms with Crippen molar-refractivity contribution in [1.29, 1.82) is 0 Å². The number of amides is 2. The lowest BCUT2D eigenvalue weighted by molar-refractivity contribution is -0.119. The molecule has 1 fully saturated rings. The molecule has 1 N–H and O–H groups in total. The number of anilines is 1. The zero-order chi connectivity index (χ0) is 18.0. The van der Waals surface area contributed by atoms with E-state index < -0.39 is 23.8 Å². The summed E-state index contributed by atoms with van der Waals surface area (Å²) in [6, 6.07) is 2.19. The Morgan fingerprint density at radius 2 is 2.12 bits per heavy atom. The summed E-state index contributed by atoms with van der Waals surface area (Å²) in [4.78, 5) is 24.0. The number of hydrogen-bond acceptors (Lipinski definition) is 3. The summed E-state index contributed by atoms with van der Waals surface area (Å²) < 4.78 is 34.1. The zero-order valence-electron chi connectivity index (χ0n) is 14.0. The molecule has 1 aromatic carbocycles. The summed E-state index contributed by atoms with van der Waals surface area (Å²) in [5.74, 6) is -1.47. The number of rotatable bonds is 4. The Morgan fingerprint density at radius 1 is 1.32 bits per heavy atom. The normalized spacial score (nSPS) is 20.3. The van der Waals surface area contributed by atoms with Crippen molar-refractivity contribution in [2.24, 2.45) is 0 Å². The highest BCUT2D eigenvalue weighted by atomic mass is 19.1. The molecule has 1 aliphatic carbocycles. The second-order valence-corrected chi connectivity index (χ2v) is 6.31. The molecule has 0 spiro atoms. The lowest BCUT2D eigenvalue weighted by atomic mass is 9.93. The van der Waals surface area contributed by atoms with Crippen molar-refractivity contribution >= 4 is 23.3 Å². The highest BCUT2D eigenvalue weighted by Crippen LogP contribution is 2.33. The summed E-state index contributed by atoms with van der Waals surface area (Å²) >= 11 is 0. The predicted octanol–water partition coefficient (Wildman–Crippen LogP) is 3.38. The van der Waals surface area contributed by atoms with Gasteiger partial charge in [-0.1, -0.05) is 6.08 Å². The van der Waals surface area contributed by atoms with Gasteiger partial charge in [-0.05, 0) is 37.3 Å². The molecule has 3 rings (SSSR count). The van der Waals surface area contributed by atoms with Crippen LogP contribution in [0.1, 0.15) is 38.2 Å². The molecule has 0 saturated carbocycles. The van der Waals surface area contributed by atoms with E-state index >= 15 is 0 Å². The molecule has 7 heteroatoms. The van der Waals surface area contributed by atoms with Crippen molar-refractivity contribution in [2.75, 3.05) is 18.0 Å². The van der Waals surface area contributed by atoms with E-state index in [0.717, 1.165) is 48.3 Å². The first-order chi connectivity index (χ1) is 12.0. The molecular formula is C18H20F2N2O3. The molecule has 0 radical (unpaired) electrons. The Balaban J connectivity index is 1.81. The van der Waals surface area contributed by atoms with Gasteiger partial charge in [-0.25, -0.2) is 13.6 Å². The second kappa shape index (κ2) is 7.21. The van der Waals surface area contributed by atoms with Crippen molar-refractivity contribution in [3.63, 3.8) is 0 Å². The zero-order valence-corrected chi connectivity index (χ0v) is 14.0. The van der Waals surface area contributed by atoms with Crippen LogP contribution in [0.5, 0.6) is 0 Å². The Morgan fingerprint density at radius 3 is 2.80 bits per heavy atom. The molecule has 1 atom stereocenters. The van der Waals surface area contributed by atoms with Gasteiger partial charge in [0, 0.05) is 18.6 Å². The number of benzene rings is 1. The van der Waals surface area contributed by atoms with Crippen LogP contribution in [0.2, 0.25) is 0 Å². The van der Waals surface area contributed by atoms with Crippen LogP contribution in [0.3, 0.4) is 0 Å². The van der Waals surface area contributed by atoms with E-state index in [4.69, 9.17) is 4.74 Å². The predicted molar refractivity (Wildman–Crippen MR) is 89.1 cm³/mol. The van der Waals surface area contributed by atoms with E-state index in [-0.39, 0.29) is 30.2 Å². The van der Waals surface area contributed by atoms with Gasteiger partial charge in [0.25, 0.3) is 0 Å². The van der Waals surface area contributed by atoms with Gasteiger partial charge in [0.2, 0.25) is 5.91 Å². The maximum atomic E-state index is 14.5. The minimum absolute atomic E-state index is 0.0531. The first kappa shape index (κ1) is 17.4. The van der Waals surface area contributed by atoms with Crippen LogP contribution in [-0.4, -0.2) is 31.2 Å². The summed E-state index contributed by atoms with van der Waals surface area (Å²) in [5.41, 5.74) is 0.915. The van der Waals surface area contributed by atoms with Gasteiger partial charge < -0.3 is 10.1 Å². The summed E-state index contributed by atoms with van der Waals surface area (Å²) in [6.07, 6.45) is 4.19. The van der Waals surface area contributed by atoms with Crippen LogP contribution in [0.15, 0.2) is 18.2 Å². The largest absolute Gasteiger partial charge is 0.442 e. The van der Waals surface area contributed by atoms with Gasteiger partial charge in [0.05, 0.1) is 18.8 Å². The molecular weight excluding hydrogens is 330 g/mol. The number of halogens is 2. The highest BCUT2D eigenvalue weighted by molar-refractivity contribution is 5.90. The molecule has 2 aliphatic rings. The van der Waals surface area contributed by atoms with Crippen molar-refractivity contribution < 1.29 is 23.1 Å². The number of carbonyl (C=O) groups is 2. The van der Waals surface area contributed by atoms with Gasteiger partial charge >= 0.3 is 6.09 Å². The Hall–Kier alpha value is -2.44. The maximum Gasteiger partial charge on any atom is 0.414 e. The van der Waals surface area contributed by atoms with Crippen LogP contribution in [0.4, 0.5) is 19.3 Å². The molecule has 1 aliphatic heterocycles. The van der Waals surface area contributed by atoms with E-state index in [0.29, 0.717) is 0 Å². The number of cyclic esters (lactones) is 1.